The first-order valence-corrected chi connectivity index (χ1v) is 7.31. The molecule has 4 heteroatoms. The Morgan fingerprint density at radius 3 is 2.61 bits per heavy atom. The zero-order chi connectivity index (χ0) is 13.1. The standard InChI is InChI=1S/C14H18BrF2N/c1-2-18-14(9-5-3-4-6-9)10-7-8-11(16)13(17)12(10)15/h7-9,14,18H,2-6H2,1H3. The molecule has 1 N–H and O–H groups in total. The molecule has 1 aliphatic rings. The Morgan fingerprint density at radius 2 is 2.00 bits per heavy atom. The van der Waals surface area contributed by atoms with E-state index in [-0.39, 0.29) is 10.5 Å². The van der Waals surface area contributed by atoms with Gasteiger partial charge in [0.25, 0.3) is 0 Å². The van der Waals surface area contributed by atoms with Crippen LogP contribution in [0.4, 0.5) is 8.78 Å². The van der Waals surface area contributed by atoms with Crippen LogP contribution in [0.2, 0.25) is 0 Å². The molecule has 1 atom stereocenters. The molecule has 0 heterocycles. The predicted molar refractivity (Wildman–Crippen MR) is 72.4 cm³/mol. The zero-order valence-corrected chi connectivity index (χ0v) is 12.1. The summed E-state index contributed by atoms with van der Waals surface area (Å²) in [7, 11) is 0. The van der Waals surface area contributed by atoms with Crippen molar-refractivity contribution < 1.29 is 8.78 Å². The predicted octanol–water partition coefficient (Wildman–Crippen LogP) is 4.57. The van der Waals surface area contributed by atoms with E-state index in [1.165, 1.54) is 18.9 Å². The van der Waals surface area contributed by atoms with Gasteiger partial charge < -0.3 is 5.32 Å². The van der Waals surface area contributed by atoms with Crippen LogP contribution in [-0.4, -0.2) is 6.54 Å². The Labute approximate surface area is 115 Å². The highest BCUT2D eigenvalue weighted by Crippen LogP contribution is 2.39. The van der Waals surface area contributed by atoms with Gasteiger partial charge in [-0.3, -0.25) is 0 Å². The highest BCUT2D eigenvalue weighted by Gasteiger charge is 2.28. The van der Waals surface area contributed by atoms with Crippen LogP contribution >= 0.6 is 15.9 Å². The largest absolute Gasteiger partial charge is 0.310 e. The van der Waals surface area contributed by atoms with E-state index in [4.69, 9.17) is 0 Å². The average Bonchev–Trinajstić information content (AvgIpc) is 2.88. The third-order valence-electron chi connectivity index (χ3n) is 3.70. The summed E-state index contributed by atoms with van der Waals surface area (Å²) in [6.07, 6.45) is 4.77. The lowest BCUT2D eigenvalue weighted by atomic mass is 9.91. The van der Waals surface area contributed by atoms with Crippen LogP contribution < -0.4 is 5.32 Å². The molecule has 1 saturated carbocycles. The molecule has 0 saturated heterocycles. The Kier molecular flexibility index (Phi) is 4.73. The van der Waals surface area contributed by atoms with E-state index < -0.39 is 11.6 Å². The molecule has 2 rings (SSSR count). The fourth-order valence-corrected chi connectivity index (χ4v) is 3.39. The van der Waals surface area contributed by atoms with Crippen LogP contribution in [0, 0.1) is 17.6 Å². The van der Waals surface area contributed by atoms with Gasteiger partial charge in [0.05, 0.1) is 4.47 Å². The fourth-order valence-electron chi connectivity index (χ4n) is 2.82. The van der Waals surface area contributed by atoms with E-state index in [0.717, 1.165) is 24.9 Å². The van der Waals surface area contributed by atoms with Gasteiger partial charge >= 0.3 is 0 Å². The monoisotopic (exact) mass is 317 g/mol. The number of benzene rings is 1. The van der Waals surface area contributed by atoms with Crippen molar-refractivity contribution in [1.82, 2.24) is 5.32 Å². The maximum absolute atomic E-state index is 13.6. The third-order valence-corrected chi connectivity index (χ3v) is 4.50. The molecule has 0 amide bonds. The van der Waals surface area contributed by atoms with E-state index >= 15 is 0 Å². The lowest BCUT2D eigenvalue weighted by molar-refractivity contribution is 0.370. The molecule has 0 radical (unpaired) electrons. The van der Waals surface area contributed by atoms with Gasteiger partial charge in [0.1, 0.15) is 0 Å². The average molecular weight is 318 g/mol. The van der Waals surface area contributed by atoms with E-state index in [2.05, 4.69) is 21.2 Å². The molecule has 0 spiro atoms. The van der Waals surface area contributed by atoms with E-state index in [1.807, 2.05) is 6.92 Å². The molecule has 0 aliphatic heterocycles. The minimum atomic E-state index is -0.799. The van der Waals surface area contributed by atoms with Gasteiger partial charge in [-0.1, -0.05) is 25.8 Å². The number of nitrogens with one attached hydrogen (secondary N) is 1. The fraction of sp³-hybridized carbons (Fsp3) is 0.571. The summed E-state index contributed by atoms with van der Waals surface area (Å²) >= 11 is 3.19. The molecule has 1 aromatic rings. The number of hydrogen-bond donors (Lipinski definition) is 1. The lowest BCUT2D eigenvalue weighted by Gasteiger charge is -2.26. The zero-order valence-electron chi connectivity index (χ0n) is 10.5. The van der Waals surface area contributed by atoms with Crippen molar-refractivity contribution in [1.29, 1.82) is 0 Å². The van der Waals surface area contributed by atoms with Crippen molar-refractivity contribution >= 4 is 15.9 Å². The van der Waals surface area contributed by atoms with E-state index in [0.29, 0.717) is 5.92 Å². The van der Waals surface area contributed by atoms with Crippen molar-refractivity contribution in [2.75, 3.05) is 6.54 Å². The second-order valence-electron chi connectivity index (χ2n) is 4.84. The Balaban J connectivity index is 2.32. The van der Waals surface area contributed by atoms with Gasteiger partial charge in [0.15, 0.2) is 11.6 Å². The molecule has 1 fully saturated rings. The number of hydrogen-bond acceptors (Lipinski definition) is 1. The summed E-state index contributed by atoms with van der Waals surface area (Å²) in [5.74, 6) is -1.06. The smallest absolute Gasteiger partial charge is 0.173 e. The van der Waals surface area contributed by atoms with Crippen molar-refractivity contribution in [2.45, 2.75) is 38.6 Å². The first kappa shape index (κ1) is 13.9. The van der Waals surface area contributed by atoms with Crippen LogP contribution in [0.25, 0.3) is 0 Å². The minimum Gasteiger partial charge on any atom is -0.310 e. The first-order valence-electron chi connectivity index (χ1n) is 6.52. The molecule has 0 bridgehead atoms. The van der Waals surface area contributed by atoms with Crippen molar-refractivity contribution in [3.05, 3.63) is 33.8 Å². The summed E-state index contributed by atoms with van der Waals surface area (Å²) in [5, 5.41) is 3.41. The number of halogens is 3. The Morgan fingerprint density at radius 1 is 1.33 bits per heavy atom. The number of rotatable bonds is 4. The summed E-state index contributed by atoms with van der Waals surface area (Å²) in [6, 6.07) is 3.02. The third kappa shape index (κ3) is 2.75. The minimum absolute atomic E-state index is 0.113. The Bertz CT molecular complexity index is 417. The molecule has 0 aromatic heterocycles. The summed E-state index contributed by atoms with van der Waals surface area (Å²) in [4.78, 5) is 0. The molecular weight excluding hydrogens is 300 g/mol. The maximum atomic E-state index is 13.6. The second-order valence-corrected chi connectivity index (χ2v) is 5.64. The quantitative estimate of drug-likeness (QED) is 0.802. The Hall–Kier alpha value is -0.480. The highest BCUT2D eigenvalue weighted by atomic mass is 79.9. The SMILES string of the molecule is CCNC(c1ccc(F)c(F)c1Br)C1CCCC1. The first-order chi connectivity index (χ1) is 8.65. The van der Waals surface area contributed by atoms with Gasteiger partial charge in [-0.15, -0.1) is 0 Å². The molecule has 1 nitrogen and oxygen atoms in total. The summed E-state index contributed by atoms with van der Waals surface area (Å²) < 4.78 is 27.1. The lowest BCUT2D eigenvalue weighted by Crippen LogP contribution is -2.27. The summed E-state index contributed by atoms with van der Waals surface area (Å²) in [5.41, 5.74) is 0.836. The summed E-state index contributed by atoms with van der Waals surface area (Å²) in [6.45, 7) is 2.86. The van der Waals surface area contributed by atoms with Gasteiger partial charge in [-0.05, 0) is 52.9 Å². The van der Waals surface area contributed by atoms with E-state index in [9.17, 15) is 8.78 Å². The molecule has 1 aliphatic carbocycles. The van der Waals surface area contributed by atoms with Crippen LogP contribution in [0.15, 0.2) is 16.6 Å². The van der Waals surface area contributed by atoms with Crippen LogP contribution in [-0.2, 0) is 0 Å². The molecule has 100 valence electrons. The molecule has 18 heavy (non-hydrogen) atoms. The van der Waals surface area contributed by atoms with Crippen molar-refractivity contribution in [2.24, 2.45) is 5.92 Å². The molecular formula is C14H18BrF2N. The van der Waals surface area contributed by atoms with Crippen molar-refractivity contribution in [3.63, 3.8) is 0 Å². The van der Waals surface area contributed by atoms with Gasteiger partial charge in [-0.25, -0.2) is 8.78 Å². The highest BCUT2D eigenvalue weighted by molar-refractivity contribution is 9.10. The second kappa shape index (κ2) is 6.11. The maximum Gasteiger partial charge on any atom is 0.173 e. The topological polar surface area (TPSA) is 12.0 Å². The molecule has 1 aromatic carbocycles. The van der Waals surface area contributed by atoms with E-state index in [1.54, 1.807) is 6.07 Å². The van der Waals surface area contributed by atoms with Gasteiger partial charge in [-0.2, -0.15) is 0 Å². The normalized spacial score (nSPS) is 18.2. The van der Waals surface area contributed by atoms with Crippen LogP contribution in [0.1, 0.15) is 44.2 Å². The van der Waals surface area contributed by atoms with Crippen LogP contribution in [0.3, 0.4) is 0 Å². The van der Waals surface area contributed by atoms with Crippen molar-refractivity contribution in [3.8, 4) is 0 Å². The molecule has 1 unspecified atom stereocenters. The van der Waals surface area contributed by atoms with Gasteiger partial charge in [0.2, 0.25) is 0 Å². The van der Waals surface area contributed by atoms with Gasteiger partial charge in [0, 0.05) is 6.04 Å². The van der Waals surface area contributed by atoms with Crippen LogP contribution in [0.5, 0.6) is 0 Å².